The fourth-order valence-corrected chi connectivity index (χ4v) is 3.72. The van der Waals surface area contributed by atoms with Crippen molar-refractivity contribution in [3.63, 3.8) is 0 Å². The van der Waals surface area contributed by atoms with Crippen LogP contribution in [0.25, 0.3) is 0 Å². The maximum Gasteiger partial charge on any atom is 0.0873 e. The zero-order chi connectivity index (χ0) is 10.3. The first-order chi connectivity index (χ1) is 7.45. The Balaban J connectivity index is 1.49. The summed E-state index contributed by atoms with van der Waals surface area (Å²) in [6, 6.07) is 0. The Labute approximate surface area is 97.7 Å². The monoisotopic (exact) mass is 226 g/mol. The van der Waals surface area contributed by atoms with Gasteiger partial charge in [-0.05, 0) is 67.9 Å². The van der Waals surface area contributed by atoms with Crippen molar-refractivity contribution in [1.82, 2.24) is 0 Å². The Kier molecular flexibility index (Phi) is 4.91. The molecule has 0 bridgehead atoms. The van der Waals surface area contributed by atoms with Crippen LogP contribution in [0.1, 0.15) is 44.9 Å². The molecule has 1 aliphatic heterocycles. The number of allylic oxidation sites excluding steroid dienone is 1. The van der Waals surface area contributed by atoms with E-state index >= 15 is 0 Å². The largest absolute Gasteiger partial charge is 0.501 e. The van der Waals surface area contributed by atoms with E-state index in [1.807, 2.05) is 6.26 Å². The standard InChI is InChI=1S/C13H22OS/c1-2-5-12(4-1)10-14-8-3-6-13-7-9-15-11-13/h10,13H,1-9,11H2. The number of ether oxygens (including phenoxy) is 1. The van der Waals surface area contributed by atoms with Gasteiger partial charge in [0, 0.05) is 0 Å². The van der Waals surface area contributed by atoms with E-state index in [0.717, 1.165) is 12.5 Å². The second-order valence-corrected chi connectivity index (χ2v) is 5.88. The predicted octanol–water partition coefficient (Wildman–Crippen LogP) is 3.99. The van der Waals surface area contributed by atoms with Gasteiger partial charge in [-0.2, -0.15) is 11.8 Å². The molecule has 86 valence electrons. The number of hydrogen-bond donors (Lipinski definition) is 0. The highest BCUT2D eigenvalue weighted by molar-refractivity contribution is 7.99. The minimum absolute atomic E-state index is 0.935. The molecule has 0 aromatic heterocycles. The Bertz CT molecular complexity index is 199. The van der Waals surface area contributed by atoms with Crippen LogP contribution in [0.2, 0.25) is 0 Å². The molecule has 0 aromatic rings. The first-order valence-electron chi connectivity index (χ1n) is 6.32. The van der Waals surface area contributed by atoms with Gasteiger partial charge in [0.1, 0.15) is 0 Å². The third-order valence-corrected chi connectivity index (χ3v) is 4.63. The van der Waals surface area contributed by atoms with Crippen molar-refractivity contribution in [2.45, 2.75) is 44.9 Å². The maximum absolute atomic E-state index is 5.61. The summed E-state index contributed by atoms with van der Waals surface area (Å²) in [5, 5.41) is 0. The van der Waals surface area contributed by atoms with Crippen molar-refractivity contribution in [1.29, 1.82) is 0 Å². The first-order valence-corrected chi connectivity index (χ1v) is 7.48. The molecular formula is C13H22OS. The second kappa shape index (κ2) is 6.47. The molecule has 1 aliphatic carbocycles. The van der Waals surface area contributed by atoms with Gasteiger partial charge < -0.3 is 4.74 Å². The molecule has 2 rings (SSSR count). The topological polar surface area (TPSA) is 9.23 Å². The molecule has 1 unspecified atom stereocenters. The molecule has 0 N–H and O–H groups in total. The molecule has 1 atom stereocenters. The highest BCUT2D eigenvalue weighted by Crippen LogP contribution is 2.27. The maximum atomic E-state index is 5.61. The van der Waals surface area contributed by atoms with Crippen molar-refractivity contribution in [3.8, 4) is 0 Å². The SMILES string of the molecule is C(OCCCC1CCSC1)=C1CCCC1. The second-order valence-electron chi connectivity index (χ2n) is 4.73. The summed E-state index contributed by atoms with van der Waals surface area (Å²) < 4.78 is 5.61. The van der Waals surface area contributed by atoms with Crippen LogP contribution in [0.5, 0.6) is 0 Å². The molecule has 0 amide bonds. The van der Waals surface area contributed by atoms with Gasteiger partial charge in [0.05, 0.1) is 12.9 Å². The van der Waals surface area contributed by atoms with Crippen LogP contribution in [0.15, 0.2) is 11.8 Å². The van der Waals surface area contributed by atoms with E-state index in [2.05, 4.69) is 11.8 Å². The molecule has 0 spiro atoms. The van der Waals surface area contributed by atoms with Gasteiger partial charge in [0.25, 0.3) is 0 Å². The quantitative estimate of drug-likeness (QED) is 0.518. The average molecular weight is 226 g/mol. The van der Waals surface area contributed by atoms with Crippen LogP contribution in [0.3, 0.4) is 0 Å². The van der Waals surface area contributed by atoms with Gasteiger partial charge in [-0.3, -0.25) is 0 Å². The molecule has 15 heavy (non-hydrogen) atoms. The van der Waals surface area contributed by atoms with E-state index in [-0.39, 0.29) is 0 Å². The van der Waals surface area contributed by atoms with Gasteiger partial charge in [0.15, 0.2) is 0 Å². The molecule has 1 saturated carbocycles. The van der Waals surface area contributed by atoms with Crippen molar-refractivity contribution in [2.24, 2.45) is 5.92 Å². The van der Waals surface area contributed by atoms with Crippen LogP contribution in [-0.4, -0.2) is 18.1 Å². The van der Waals surface area contributed by atoms with Crippen LogP contribution >= 0.6 is 11.8 Å². The van der Waals surface area contributed by atoms with E-state index < -0.39 is 0 Å². The molecule has 1 nitrogen and oxygen atoms in total. The Morgan fingerprint density at radius 1 is 1.33 bits per heavy atom. The summed E-state index contributed by atoms with van der Waals surface area (Å²) in [7, 11) is 0. The molecule has 2 heteroatoms. The van der Waals surface area contributed by atoms with Gasteiger partial charge in [-0.1, -0.05) is 0 Å². The summed E-state index contributed by atoms with van der Waals surface area (Å²) >= 11 is 2.11. The molecule has 0 radical (unpaired) electrons. The summed E-state index contributed by atoms with van der Waals surface area (Å²) in [4.78, 5) is 0. The van der Waals surface area contributed by atoms with E-state index in [1.165, 1.54) is 62.0 Å². The van der Waals surface area contributed by atoms with Crippen LogP contribution < -0.4 is 0 Å². The Morgan fingerprint density at radius 2 is 2.20 bits per heavy atom. The van der Waals surface area contributed by atoms with Gasteiger partial charge in [-0.15, -0.1) is 0 Å². The Hall–Kier alpha value is -0.110. The first kappa shape index (κ1) is 11.4. The summed E-state index contributed by atoms with van der Waals surface area (Å²) in [5.74, 6) is 3.76. The molecule has 1 heterocycles. The van der Waals surface area contributed by atoms with Crippen LogP contribution in [-0.2, 0) is 4.74 Å². The third-order valence-electron chi connectivity index (χ3n) is 3.39. The highest BCUT2D eigenvalue weighted by atomic mass is 32.2. The van der Waals surface area contributed by atoms with Crippen molar-refractivity contribution in [2.75, 3.05) is 18.1 Å². The fourth-order valence-electron chi connectivity index (χ4n) is 2.39. The summed E-state index contributed by atoms with van der Waals surface area (Å²) in [6.07, 6.45) is 11.4. The lowest BCUT2D eigenvalue weighted by molar-refractivity contribution is 0.232. The zero-order valence-electron chi connectivity index (χ0n) is 9.54. The number of thioether (sulfide) groups is 1. The Morgan fingerprint density at radius 3 is 2.93 bits per heavy atom. The summed E-state index contributed by atoms with van der Waals surface area (Å²) in [5.41, 5.74) is 1.53. The average Bonchev–Trinajstić information content (AvgIpc) is 2.88. The lowest BCUT2D eigenvalue weighted by Crippen LogP contribution is -1.99. The van der Waals surface area contributed by atoms with Crippen molar-refractivity contribution >= 4 is 11.8 Å². The van der Waals surface area contributed by atoms with E-state index in [1.54, 1.807) is 0 Å². The zero-order valence-corrected chi connectivity index (χ0v) is 10.4. The predicted molar refractivity (Wildman–Crippen MR) is 67.2 cm³/mol. The highest BCUT2D eigenvalue weighted by Gasteiger charge is 2.14. The molecule has 1 saturated heterocycles. The van der Waals surface area contributed by atoms with Crippen molar-refractivity contribution < 1.29 is 4.74 Å². The summed E-state index contributed by atoms with van der Waals surface area (Å²) in [6.45, 7) is 0.935. The molecule has 2 fully saturated rings. The lowest BCUT2D eigenvalue weighted by Gasteiger charge is -2.07. The molecule has 2 aliphatic rings. The normalized spacial score (nSPS) is 25.9. The minimum Gasteiger partial charge on any atom is -0.501 e. The third kappa shape index (κ3) is 4.10. The van der Waals surface area contributed by atoms with E-state index in [0.29, 0.717) is 0 Å². The molecule has 0 aromatic carbocycles. The van der Waals surface area contributed by atoms with Gasteiger partial charge >= 0.3 is 0 Å². The lowest BCUT2D eigenvalue weighted by atomic mass is 10.0. The number of hydrogen-bond acceptors (Lipinski definition) is 2. The smallest absolute Gasteiger partial charge is 0.0873 e. The minimum atomic E-state index is 0.935. The van der Waals surface area contributed by atoms with Gasteiger partial charge in [0.2, 0.25) is 0 Å². The van der Waals surface area contributed by atoms with Crippen molar-refractivity contribution in [3.05, 3.63) is 11.8 Å². The van der Waals surface area contributed by atoms with Crippen LogP contribution in [0, 0.1) is 5.92 Å². The number of rotatable bonds is 5. The van der Waals surface area contributed by atoms with E-state index in [4.69, 9.17) is 4.74 Å². The fraction of sp³-hybridized carbons (Fsp3) is 0.846. The van der Waals surface area contributed by atoms with Crippen LogP contribution in [0.4, 0.5) is 0 Å². The van der Waals surface area contributed by atoms with Gasteiger partial charge in [-0.25, -0.2) is 0 Å². The van der Waals surface area contributed by atoms with E-state index in [9.17, 15) is 0 Å². The molecular weight excluding hydrogens is 204 g/mol.